The zero-order chi connectivity index (χ0) is 22.1. The molecule has 6 heteroatoms. The van der Waals surface area contributed by atoms with Crippen LogP contribution in [0, 0.1) is 0 Å². The first-order valence-corrected chi connectivity index (χ1v) is 10.1. The average Bonchev–Trinajstić information content (AvgIpc) is 2.77. The van der Waals surface area contributed by atoms with Gasteiger partial charge in [-0.05, 0) is 43.9 Å². The molecule has 0 heterocycles. The Balaban J connectivity index is 1.67. The first kappa shape index (κ1) is 22.1. The molecule has 2 N–H and O–H groups in total. The summed E-state index contributed by atoms with van der Waals surface area (Å²) in [6.45, 7) is 0.619. The van der Waals surface area contributed by atoms with Crippen molar-refractivity contribution >= 4 is 17.5 Å². The Bertz CT molecular complexity index is 991. The largest absolute Gasteiger partial charge is 0.476 e. The number of hydrogen-bond acceptors (Lipinski definition) is 4. The maximum Gasteiger partial charge on any atom is 0.266 e. The van der Waals surface area contributed by atoms with Crippen LogP contribution in [0.5, 0.6) is 5.75 Å². The number of carbonyl (C=O) groups is 2. The van der Waals surface area contributed by atoms with Crippen LogP contribution in [0.4, 0.5) is 5.69 Å². The molecule has 0 aromatic heterocycles. The molecule has 0 fully saturated rings. The summed E-state index contributed by atoms with van der Waals surface area (Å²) in [5.74, 6) is 0.292. The molecule has 0 saturated carbocycles. The minimum atomic E-state index is -0.772. The lowest BCUT2D eigenvalue weighted by Gasteiger charge is -2.19. The number of para-hydroxylation sites is 1. The van der Waals surface area contributed by atoms with Crippen LogP contribution in [0.3, 0.4) is 0 Å². The topological polar surface area (TPSA) is 70.7 Å². The van der Waals surface area contributed by atoms with Crippen LogP contribution in [0.1, 0.15) is 17.2 Å². The summed E-state index contributed by atoms with van der Waals surface area (Å²) < 4.78 is 5.99. The number of hydrogen-bond donors (Lipinski definition) is 2. The van der Waals surface area contributed by atoms with Gasteiger partial charge < -0.3 is 20.3 Å². The summed E-state index contributed by atoms with van der Waals surface area (Å²) >= 11 is 0. The predicted molar refractivity (Wildman–Crippen MR) is 122 cm³/mol. The molecule has 6 nitrogen and oxygen atoms in total. The lowest BCUT2D eigenvalue weighted by Crippen LogP contribution is -2.32. The molecule has 3 rings (SSSR count). The predicted octanol–water partition coefficient (Wildman–Crippen LogP) is 3.62. The second-order valence-corrected chi connectivity index (χ2v) is 7.43. The highest BCUT2D eigenvalue weighted by molar-refractivity contribution is 5.92. The fraction of sp³-hybridized carbons (Fsp3) is 0.200. The van der Waals surface area contributed by atoms with Gasteiger partial charge in [-0.2, -0.15) is 0 Å². The number of rotatable bonds is 9. The minimum absolute atomic E-state index is 0.0911. The minimum Gasteiger partial charge on any atom is -0.476 e. The highest BCUT2D eigenvalue weighted by Gasteiger charge is 2.22. The van der Waals surface area contributed by atoms with Crippen molar-refractivity contribution in [2.75, 3.05) is 26.0 Å². The third kappa shape index (κ3) is 6.97. The zero-order valence-electron chi connectivity index (χ0n) is 17.7. The second-order valence-electron chi connectivity index (χ2n) is 7.43. The number of nitrogens with one attached hydrogen (secondary N) is 2. The van der Waals surface area contributed by atoms with Crippen LogP contribution in [-0.2, 0) is 16.1 Å². The number of amides is 2. The summed E-state index contributed by atoms with van der Waals surface area (Å²) in [4.78, 5) is 26.8. The molecule has 3 aromatic rings. The summed E-state index contributed by atoms with van der Waals surface area (Å²) in [7, 11) is 3.68. The molecule has 0 spiro atoms. The van der Waals surface area contributed by atoms with E-state index in [0.717, 1.165) is 11.1 Å². The summed E-state index contributed by atoms with van der Waals surface area (Å²) in [5.41, 5.74) is 2.34. The van der Waals surface area contributed by atoms with Gasteiger partial charge in [0.05, 0.1) is 6.54 Å². The highest BCUT2D eigenvalue weighted by atomic mass is 16.5. The third-order valence-corrected chi connectivity index (χ3v) is 4.47. The van der Waals surface area contributed by atoms with Crippen molar-refractivity contribution in [2.45, 2.75) is 12.6 Å². The van der Waals surface area contributed by atoms with Gasteiger partial charge in [0.25, 0.3) is 5.91 Å². The fourth-order valence-electron chi connectivity index (χ4n) is 3.06. The van der Waals surface area contributed by atoms with E-state index in [1.165, 1.54) is 0 Å². The van der Waals surface area contributed by atoms with E-state index in [2.05, 4.69) is 10.6 Å². The second kappa shape index (κ2) is 10.9. The van der Waals surface area contributed by atoms with E-state index in [4.69, 9.17) is 4.74 Å². The number of ether oxygens (including phenoxy) is 1. The number of benzene rings is 3. The van der Waals surface area contributed by atoms with Gasteiger partial charge in [-0.15, -0.1) is 0 Å². The van der Waals surface area contributed by atoms with E-state index >= 15 is 0 Å². The molecule has 0 saturated heterocycles. The molecule has 1 atom stereocenters. The normalized spacial score (nSPS) is 11.6. The molecular weight excluding hydrogens is 390 g/mol. The highest BCUT2D eigenvalue weighted by Crippen LogP contribution is 2.22. The number of nitrogens with zero attached hydrogens (tertiary/aromatic N) is 1. The van der Waals surface area contributed by atoms with Gasteiger partial charge in [0.15, 0.2) is 0 Å². The smallest absolute Gasteiger partial charge is 0.266 e. The van der Waals surface area contributed by atoms with E-state index in [1.807, 2.05) is 99.0 Å². The van der Waals surface area contributed by atoms with Gasteiger partial charge in [0, 0.05) is 17.8 Å². The van der Waals surface area contributed by atoms with E-state index in [0.29, 0.717) is 24.5 Å². The van der Waals surface area contributed by atoms with E-state index in [-0.39, 0.29) is 11.8 Å². The molecule has 0 aliphatic rings. The lowest BCUT2D eigenvalue weighted by molar-refractivity contribution is -0.128. The first-order valence-electron chi connectivity index (χ1n) is 10.1. The number of likely N-dealkylation sites (N-methyl/N-ethyl adjacent to an activating group) is 1. The molecule has 31 heavy (non-hydrogen) atoms. The van der Waals surface area contributed by atoms with Crippen molar-refractivity contribution < 1.29 is 14.3 Å². The lowest BCUT2D eigenvalue weighted by atomic mass is 10.1. The van der Waals surface area contributed by atoms with Crippen LogP contribution >= 0.6 is 0 Å². The fourth-order valence-corrected chi connectivity index (χ4v) is 3.06. The van der Waals surface area contributed by atoms with Crippen molar-refractivity contribution in [3.05, 3.63) is 96.1 Å². The molecule has 0 radical (unpaired) electrons. The van der Waals surface area contributed by atoms with Crippen LogP contribution in [0.2, 0.25) is 0 Å². The molecule has 0 aliphatic heterocycles. The molecule has 160 valence electrons. The molecule has 3 aromatic carbocycles. The van der Waals surface area contributed by atoms with Crippen molar-refractivity contribution in [3.63, 3.8) is 0 Å². The number of anilines is 1. The van der Waals surface area contributed by atoms with E-state index in [1.54, 1.807) is 4.90 Å². The Kier molecular flexibility index (Phi) is 7.79. The van der Waals surface area contributed by atoms with Gasteiger partial charge in [-0.3, -0.25) is 9.59 Å². The molecular formula is C25H27N3O3. The van der Waals surface area contributed by atoms with Crippen molar-refractivity contribution in [1.82, 2.24) is 10.2 Å². The molecule has 1 unspecified atom stereocenters. The Morgan fingerprint density at radius 2 is 1.58 bits per heavy atom. The van der Waals surface area contributed by atoms with Gasteiger partial charge in [0.2, 0.25) is 12.0 Å². The molecule has 0 bridgehead atoms. The molecule has 0 aliphatic carbocycles. The van der Waals surface area contributed by atoms with Crippen molar-refractivity contribution in [2.24, 2.45) is 0 Å². The van der Waals surface area contributed by atoms with Gasteiger partial charge in [0.1, 0.15) is 5.75 Å². The quantitative estimate of drug-likeness (QED) is 0.558. The van der Waals surface area contributed by atoms with Crippen LogP contribution in [0.25, 0.3) is 0 Å². The van der Waals surface area contributed by atoms with Gasteiger partial charge in [-0.25, -0.2) is 0 Å². The summed E-state index contributed by atoms with van der Waals surface area (Å²) in [6.07, 6.45) is -0.772. The van der Waals surface area contributed by atoms with Crippen molar-refractivity contribution in [3.8, 4) is 5.75 Å². The maximum atomic E-state index is 13.0. The van der Waals surface area contributed by atoms with Gasteiger partial charge in [-0.1, -0.05) is 60.7 Å². The average molecular weight is 418 g/mol. The third-order valence-electron chi connectivity index (χ3n) is 4.47. The molecule has 2 amide bonds. The first-order chi connectivity index (χ1) is 15.0. The van der Waals surface area contributed by atoms with Gasteiger partial charge >= 0.3 is 0 Å². The van der Waals surface area contributed by atoms with Crippen molar-refractivity contribution in [1.29, 1.82) is 0 Å². The van der Waals surface area contributed by atoms with E-state index in [9.17, 15) is 9.59 Å². The zero-order valence-corrected chi connectivity index (χ0v) is 17.7. The van der Waals surface area contributed by atoms with E-state index < -0.39 is 6.10 Å². The Morgan fingerprint density at radius 1 is 0.903 bits per heavy atom. The standard InChI is InChI=1S/C25H27N3O3/c1-28(2)18-23(29)27-21-13-9-10-19(16-21)17-26-25(30)24(20-11-5-3-6-12-20)31-22-14-7-4-8-15-22/h3-16,24H,17-18H2,1-2H3,(H,26,30)(H,27,29). The summed E-state index contributed by atoms with van der Waals surface area (Å²) in [5, 5.41) is 5.81. The number of carbonyl (C=O) groups excluding carboxylic acids is 2. The van der Waals surface area contributed by atoms with Crippen LogP contribution in [0.15, 0.2) is 84.9 Å². The Labute approximate surface area is 182 Å². The van der Waals surface area contributed by atoms with Crippen LogP contribution < -0.4 is 15.4 Å². The monoisotopic (exact) mass is 417 g/mol. The summed E-state index contributed by atoms with van der Waals surface area (Å²) in [6, 6.07) is 26.1. The SMILES string of the molecule is CN(C)CC(=O)Nc1cccc(CNC(=O)C(Oc2ccccc2)c2ccccc2)c1. The maximum absolute atomic E-state index is 13.0. The Morgan fingerprint density at radius 3 is 2.26 bits per heavy atom. The Hall–Kier alpha value is -3.64. The van der Waals surface area contributed by atoms with Crippen LogP contribution in [-0.4, -0.2) is 37.4 Å².